The number of aryl methyl sites for hydroxylation is 1. The van der Waals surface area contributed by atoms with Crippen LogP contribution in [0.1, 0.15) is 18.1 Å². The van der Waals surface area contributed by atoms with Crippen molar-refractivity contribution in [3.05, 3.63) is 41.7 Å². The number of nitrogens with one attached hydrogen (secondary N) is 2. The van der Waals surface area contributed by atoms with Crippen LogP contribution in [-0.2, 0) is 6.18 Å². The maximum atomic E-state index is 12.9. The van der Waals surface area contributed by atoms with Crippen LogP contribution in [-0.4, -0.2) is 16.5 Å². The van der Waals surface area contributed by atoms with Crippen molar-refractivity contribution >= 4 is 17.3 Å². The fourth-order valence-corrected chi connectivity index (χ4v) is 1.85. The van der Waals surface area contributed by atoms with E-state index in [-0.39, 0.29) is 5.56 Å². The minimum Gasteiger partial charge on any atom is -0.369 e. The molecule has 0 unspecified atom stereocenters. The number of hydrogen-bond donors (Lipinski definition) is 2. The molecule has 0 saturated heterocycles. The summed E-state index contributed by atoms with van der Waals surface area (Å²) >= 11 is 0. The molecule has 0 radical (unpaired) electrons. The minimum absolute atomic E-state index is 0.181. The van der Waals surface area contributed by atoms with E-state index < -0.39 is 11.7 Å². The van der Waals surface area contributed by atoms with E-state index >= 15 is 0 Å². The van der Waals surface area contributed by atoms with Gasteiger partial charge in [0, 0.05) is 12.2 Å². The van der Waals surface area contributed by atoms with Crippen LogP contribution >= 0.6 is 0 Å². The summed E-state index contributed by atoms with van der Waals surface area (Å²) in [6.45, 7) is 4.02. The molecule has 1 aromatic heterocycles. The van der Waals surface area contributed by atoms with Gasteiger partial charge in [-0.1, -0.05) is 6.07 Å². The first kappa shape index (κ1) is 15.1. The third-order valence-electron chi connectivity index (χ3n) is 2.81. The summed E-state index contributed by atoms with van der Waals surface area (Å²) in [4.78, 5) is 8.18. The van der Waals surface area contributed by atoms with Crippen LogP contribution < -0.4 is 10.6 Å². The van der Waals surface area contributed by atoms with Gasteiger partial charge in [-0.2, -0.15) is 13.2 Å². The van der Waals surface area contributed by atoms with E-state index in [1.807, 2.05) is 6.92 Å². The van der Waals surface area contributed by atoms with Crippen molar-refractivity contribution < 1.29 is 13.2 Å². The van der Waals surface area contributed by atoms with E-state index in [1.54, 1.807) is 12.3 Å². The summed E-state index contributed by atoms with van der Waals surface area (Å²) in [6.07, 6.45) is -1.38. The molecule has 2 rings (SSSR count). The molecule has 0 atom stereocenters. The van der Waals surface area contributed by atoms with Crippen molar-refractivity contribution in [1.29, 1.82) is 0 Å². The van der Waals surface area contributed by atoms with Gasteiger partial charge in [0.1, 0.15) is 5.82 Å². The van der Waals surface area contributed by atoms with Crippen molar-refractivity contribution in [2.45, 2.75) is 20.0 Å². The quantitative estimate of drug-likeness (QED) is 0.896. The Hall–Kier alpha value is -2.31. The number of anilines is 3. The fourth-order valence-electron chi connectivity index (χ4n) is 1.85. The number of alkyl halides is 3. The van der Waals surface area contributed by atoms with Crippen molar-refractivity contribution in [2.75, 3.05) is 17.2 Å². The van der Waals surface area contributed by atoms with Gasteiger partial charge in [-0.15, -0.1) is 0 Å². The predicted molar refractivity (Wildman–Crippen MR) is 75.7 cm³/mol. The van der Waals surface area contributed by atoms with Crippen LogP contribution in [0.2, 0.25) is 0 Å². The molecule has 0 spiro atoms. The van der Waals surface area contributed by atoms with Gasteiger partial charge in [-0.3, -0.25) is 4.98 Å². The Kier molecular flexibility index (Phi) is 4.30. The summed E-state index contributed by atoms with van der Waals surface area (Å²) in [5.41, 5.74) is -0.167. The van der Waals surface area contributed by atoms with E-state index in [0.717, 1.165) is 6.07 Å². The molecule has 21 heavy (non-hydrogen) atoms. The van der Waals surface area contributed by atoms with Crippen molar-refractivity contribution in [1.82, 2.24) is 9.97 Å². The van der Waals surface area contributed by atoms with E-state index in [2.05, 4.69) is 20.6 Å². The van der Waals surface area contributed by atoms with E-state index in [9.17, 15) is 13.2 Å². The highest BCUT2D eigenvalue weighted by Gasteiger charge is 2.32. The molecule has 7 heteroatoms. The fraction of sp³-hybridized carbons (Fsp3) is 0.286. The molecule has 2 aromatic rings. The first-order valence-electron chi connectivity index (χ1n) is 6.41. The van der Waals surface area contributed by atoms with Gasteiger partial charge in [0.2, 0.25) is 0 Å². The molecular formula is C14H15F3N4. The molecule has 1 heterocycles. The predicted octanol–water partition coefficient (Wildman–Crippen LogP) is 3.98. The molecule has 4 nitrogen and oxygen atoms in total. The Morgan fingerprint density at radius 2 is 1.86 bits per heavy atom. The summed E-state index contributed by atoms with van der Waals surface area (Å²) in [7, 11) is 0. The van der Waals surface area contributed by atoms with Crippen molar-refractivity contribution in [2.24, 2.45) is 0 Å². The second-order valence-electron chi connectivity index (χ2n) is 4.47. The molecule has 0 amide bonds. The molecule has 1 aromatic carbocycles. The second-order valence-corrected chi connectivity index (χ2v) is 4.47. The zero-order valence-electron chi connectivity index (χ0n) is 11.6. The largest absolute Gasteiger partial charge is 0.416 e. The number of hydrogen-bond acceptors (Lipinski definition) is 4. The monoisotopic (exact) mass is 296 g/mol. The number of rotatable bonds is 4. The molecule has 0 bridgehead atoms. The smallest absolute Gasteiger partial charge is 0.369 e. The highest BCUT2D eigenvalue weighted by atomic mass is 19.4. The second kappa shape index (κ2) is 5.99. The molecule has 0 saturated carbocycles. The Labute approximate surface area is 120 Å². The minimum atomic E-state index is -4.38. The number of aromatic nitrogens is 2. The number of halogens is 3. The third-order valence-corrected chi connectivity index (χ3v) is 2.81. The number of nitrogens with zero attached hydrogens (tertiary/aromatic N) is 2. The standard InChI is InChI=1S/C14H15F3N4/c1-3-19-12-7-18-8-13(21-12)20-10-5-4-9(2)11(6-10)14(15,16)17/h4-8H,3H2,1-2H3,(H2,19,20,21). The van der Waals surface area contributed by atoms with Crippen LogP contribution in [0.3, 0.4) is 0 Å². The molecule has 112 valence electrons. The Morgan fingerprint density at radius 3 is 2.52 bits per heavy atom. The zero-order valence-corrected chi connectivity index (χ0v) is 11.6. The molecular weight excluding hydrogens is 281 g/mol. The molecule has 0 aliphatic rings. The molecule has 0 fully saturated rings. The van der Waals surface area contributed by atoms with Gasteiger partial charge in [-0.05, 0) is 31.5 Å². The Morgan fingerprint density at radius 1 is 1.14 bits per heavy atom. The highest BCUT2D eigenvalue weighted by molar-refractivity contribution is 5.59. The van der Waals surface area contributed by atoms with Gasteiger partial charge in [0.05, 0.1) is 18.0 Å². The maximum Gasteiger partial charge on any atom is 0.416 e. The summed E-state index contributed by atoms with van der Waals surface area (Å²) < 4.78 is 38.6. The van der Waals surface area contributed by atoms with Crippen LogP contribution in [0, 0.1) is 6.92 Å². The van der Waals surface area contributed by atoms with Gasteiger partial charge >= 0.3 is 6.18 Å². The average Bonchev–Trinajstić information content (AvgIpc) is 2.40. The van der Waals surface area contributed by atoms with Crippen LogP contribution in [0.5, 0.6) is 0 Å². The average molecular weight is 296 g/mol. The van der Waals surface area contributed by atoms with Gasteiger partial charge in [-0.25, -0.2) is 4.98 Å². The van der Waals surface area contributed by atoms with E-state index in [4.69, 9.17) is 0 Å². The van der Waals surface area contributed by atoms with Crippen LogP contribution in [0.15, 0.2) is 30.6 Å². The lowest BCUT2D eigenvalue weighted by Crippen LogP contribution is -2.08. The lowest BCUT2D eigenvalue weighted by atomic mass is 10.1. The van der Waals surface area contributed by atoms with Crippen molar-refractivity contribution in [3.63, 3.8) is 0 Å². The number of benzene rings is 1. The molecule has 0 aliphatic heterocycles. The van der Waals surface area contributed by atoms with Crippen LogP contribution in [0.4, 0.5) is 30.5 Å². The summed E-state index contributed by atoms with van der Waals surface area (Å²) in [6, 6.07) is 4.07. The van der Waals surface area contributed by atoms with Gasteiger partial charge in [0.15, 0.2) is 5.82 Å². The maximum absolute atomic E-state index is 12.9. The normalized spacial score (nSPS) is 11.3. The lowest BCUT2D eigenvalue weighted by Gasteiger charge is -2.13. The first-order valence-corrected chi connectivity index (χ1v) is 6.41. The highest BCUT2D eigenvalue weighted by Crippen LogP contribution is 2.33. The zero-order chi connectivity index (χ0) is 15.5. The topological polar surface area (TPSA) is 49.8 Å². The van der Waals surface area contributed by atoms with Gasteiger partial charge in [0.25, 0.3) is 0 Å². The summed E-state index contributed by atoms with van der Waals surface area (Å²) in [5.74, 6) is 0.941. The Balaban J connectivity index is 2.26. The molecule has 2 N–H and O–H groups in total. The lowest BCUT2D eigenvalue weighted by molar-refractivity contribution is -0.138. The molecule has 0 aliphatic carbocycles. The SMILES string of the molecule is CCNc1cncc(Nc2ccc(C)c(C(F)(F)F)c2)n1. The Bertz CT molecular complexity index is 626. The van der Waals surface area contributed by atoms with E-state index in [0.29, 0.717) is 23.9 Å². The van der Waals surface area contributed by atoms with E-state index in [1.165, 1.54) is 19.2 Å². The third kappa shape index (κ3) is 3.84. The first-order chi connectivity index (χ1) is 9.90. The van der Waals surface area contributed by atoms with Gasteiger partial charge < -0.3 is 10.6 Å². The van der Waals surface area contributed by atoms with Crippen molar-refractivity contribution in [3.8, 4) is 0 Å². The van der Waals surface area contributed by atoms with Crippen LogP contribution in [0.25, 0.3) is 0 Å². The summed E-state index contributed by atoms with van der Waals surface area (Å²) in [5, 5.41) is 5.81.